The summed E-state index contributed by atoms with van der Waals surface area (Å²) in [5.41, 5.74) is 10.8. The molecule has 0 spiro atoms. The number of nitrogens with two attached hydrogens (primary N) is 1. The summed E-state index contributed by atoms with van der Waals surface area (Å²) >= 11 is 1.73. The molecule has 1 fully saturated rings. The highest BCUT2D eigenvalue weighted by Gasteiger charge is 2.21. The second kappa shape index (κ2) is 10.8. The highest BCUT2D eigenvalue weighted by Crippen LogP contribution is 2.36. The van der Waals surface area contributed by atoms with Crippen LogP contribution in [0.3, 0.4) is 0 Å². The Hall–Kier alpha value is -2.87. The second-order valence-electron chi connectivity index (χ2n) is 8.14. The first-order valence-electron chi connectivity index (χ1n) is 11.4. The smallest absolute Gasteiger partial charge is 0.162 e. The SMILES string of the molecule is C/C=C(/C)CC/C=C/c1cc2nc(-c3cccc(CN)c3C=N)nc(N3CCOCC3)c2s1. The molecule has 1 aliphatic rings. The van der Waals surface area contributed by atoms with E-state index in [0.717, 1.165) is 58.7 Å². The van der Waals surface area contributed by atoms with Crippen molar-refractivity contribution in [2.45, 2.75) is 33.2 Å². The maximum absolute atomic E-state index is 7.96. The number of fused-ring (bicyclic) bond motifs is 1. The van der Waals surface area contributed by atoms with E-state index in [4.69, 9.17) is 25.8 Å². The second-order valence-corrected chi connectivity index (χ2v) is 9.22. The summed E-state index contributed by atoms with van der Waals surface area (Å²) in [5.74, 6) is 1.58. The fraction of sp³-hybridized carbons (Fsp3) is 0.346. The minimum absolute atomic E-state index is 0.372. The molecule has 0 saturated carbocycles. The summed E-state index contributed by atoms with van der Waals surface area (Å²) in [6.07, 6.45) is 10.0. The standard InChI is InChI=1S/C26H31N5OS/c1-3-18(2)7-4-5-9-20-15-23-24(33-20)26(31-11-13-32-14-12-31)30-25(29-23)21-10-6-8-19(16-27)22(21)17-28/h3,5-6,8-10,15,17,28H,4,7,11-14,16,27H2,1-2H3/b9-5+,18-3-,28-17?. The first kappa shape index (κ1) is 23.3. The summed E-state index contributed by atoms with van der Waals surface area (Å²) < 4.78 is 6.67. The van der Waals surface area contributed by atoms with Crippen molar-refractivity contribution in [1.82, 2.24) is 9.97 Å². The van der Waals surface area contributed by atoms with Gasteiger partial charge >= 0.3 is 0 Å². The summed E-state index contributed by atoms with van der Waals surface area (Å²) in [6, 6.07) is 8.03. The molecular weight excluding hydrogens is 430 g/mol. The van der Waals surface area contributed by atoms with Crippen LogP contribution in [-0.4, -0.2) is 42.5 Å². The Morgan fingerprint density at radius 3 is 2.82 bits per heavy atom. The van der Waals surface area contributed by atoms with Crippen molar-refractivity contribution >= 4 is 39.7 Å². The number of hydrogen-bond acceptors (Lipinski definition) is 7. The lowest BCUT2D eigenvalue weighted by Crippen LogP contribution is -2.36. The van der Waals surface area contributed by atoms with Crippen molar-refractivity contribution in [2.24, 2.45) is 5.73 Å². The lowest BCUT2D eigenvalue weighted by Gasteiger charge is -2.28. The number of benzene rings is 1. The molecule has 0 radical (unpaired) electrons. The molecule has 4 rings (SSSR count). The average molecular weight is 462 g/mol. The van der Waals surface area contributed by atoms with E-state index in [0.29, 0.717) is 25.6 Å². The van der Waals surface area contributed by atoms with Crippen LogP contribution < -0.4 is 10.6 Å². The van der Waals surface area contributed by atoms with Crippen LogP contribution in [0.2, 0.25) is 0 Å². The number of thiophene rings is 1. The molecule has 0 atom stereocenters. The van der Waals surface area contributed by atoms with Gasteiger partial charge in [-0.2, -0.15) is 0 Å². The number of nitrogens with zero attached hydrogens (tertiary/aromatic N) is 3. The summed E-state index contributed by atoms with van der Waals surface area (Å²) in [5, 5.41) is 7.96. The topological polar surface area (TPSA) is 88.1 Å². The Balaban J connectivity index is 1.78. The molecule has 0 aliphatic carbocycles. The summed E-state index contributed by atoms with van der Waals surface area (Å²) in [4.78, 5) is 13.4. The van der Waals surface area contributed by atoms with E-state index in [1.165, 1.54) is 16.7 Å². The monoisotopic (exact) mass is 461 g/mol. The number of nitrogens with one attached hydrogen (secondary N) is 1. The Bertz CT molecular complexity index is 1190. The molecule has 3 aromatic rings. The van der Waals surface area contributed by atoms with E-state index < -0.39 is 0 Å². The molecule has 172 valence electrons. The fourth-order valence-electron chi connectivity index (χ4n) is 3.94. The Kier molecular flexibility index (Phi) is 7.65. The van der Waals surface area contributed by atoms with E-state index in [9.17, 15) is 0 Å². The van der Waals surface area contributed by atoms with Gasteiger partial charge in [-0.1, -0.05) is 35.9 Å². The third kappa shape index (κ3) is 5.21. The number of allylic oxidation sites excluding steroid dienone is 3. The molecule has 3 N–H and O–H groups in total. The number of rotatable bonds is 8. The largest absolute Gasteiger partial charge is 0.378 e. The van der Waals surface area contributed by atoms with Crippen LogP contribution in [0.4, 0.5) is 5.82 Å². The molecule has 0 bridgehead atoms. The van der Waals surface area contributed by atoms with Crippen molar-refractivity contribution in [3.63, 3.8) is 0 Å². The molecule has 0 unspecified atom stereocenters. The number of ether oxygens (including phenoxy) is 1. The lowest BCUT2D eigenvalue weighted by atomic mass is 10.0. The molecule has 0 amide bonds. The van der Waals surface area contributed by atoms with Crippen molar-refractivity contribution in [3.05, 3.63) is 58.0 Å². The quantitative estimate of drug-likeness (QED) is 0.346. The molecular formula is C26H31N5OS. The Labute approximate surface area is 199 Å². The van der Waals surface area contributed by atoms with Crippen LogP contribution in [-0.2, 0) is 11.3 Å². The number of hydrogen-bond donors (Lipinski definition) is 2. The van der Waals surface area contributed by atoms with Crippen LogP contribution >= 0.6 is 11.3 Å². The number of aromatic nitrogens is 2. The first-order chi connectivity index (χ1) is 16.1. The van der Waals surface area contributed by atoms with Gasteiger partial charge in [0.05, 0.1) is 23.4 Å². The zero-order valence-electron chi connectivity index (χ0n) is 19.3. The molecule has 2 aromatic heterocycles. The van der Waals surface area contributed by atoms with E-state index in [1.54, 1.807) is 11.3 Å². The van der Waals surface area contributed by atoms with Gasteiger partial charge in [-0.3, -0.25) is 0 Å². The minimum atomic E-state index is 0.372. The Morgan fingerprint density at radius 1 is 1.27 bits per heavy atom. The van der Waals surface area contributed by atoms with Crippen LogP contribution in [0.5, 0.6) is 0 Å². The normalized spacial score (nSPS) is 15.0. The molecule has 6 nitrogen and oxygen atoms in total. The maximum atomic E-state index is 7.96. The van der Waals surface area contributed by atoms with Gasteiger partial charge in [0.25, 0.3) is 0 Å². The average Bonchev–Trinajstić information content (AvgIpc) is 3.28. The molecule has 7 heteroatoms. The van der Waals surface area contributed by atoms with E-state index in [-0.39, 0.29) is 0 Å². The molecule has 3 heterocycles. The fourth-order valence-corrected chi connectivity index (χ4v) is 4.98. The van der Waals surface area contributed by atoms with Crippen LogP contribution in [0.1, 0.15) is 42.7 Å². The van der Waals surface area contributed by atoms with Gasteiger partial charge in [0.2, 0.25) is 0 Å². The highest BCUT2D eigenvalue weighted by molar-refractivity contribution is 7.20. The zero-order valence-corrected chi connectivity index (χ0v) is 20.1. The van der Waals surface area contributed by atoms with Gasteiger partial charge in [0.15, 0.2) is 11.6 Å². The van der Waals surface area contributed by atoms with E-state index >= 15 is 0 Å². The predicted octanol–water partition coefficient (Wildman–Crippen LogP) is 5.41. The van der Waals surface area contributed by atoms with Gasteiger partial charge in [-0.05, 0) is 44.4 Å². The molecule has 1 aliphatic heterocycles. The van der Waals surface area contributed by atoms with Crippen molar-refractivity contribution in [2.75, 3.05) is 31.2 Å². The van der Waals surface area contributed by atoms with Gasteiger partial charge < -0.3 is 20.8 Å². The van der Waals surface area contributed by atoms with Crippen LogP contribution in [0.25, 0.3) is 27.7 Å². The van der Waals surface area contributed by atoms with Crippen LogP contribution in [0, 0.1) is 5.41 Å². The van der Waals surface area contributed by atoms with Gasteiger partial charge in [-0.15, -0.1) is 11.3 Å². The van der Waals surface area contributed by atoms with Crippen molar-refractivity contribution in [1.29, 1.82) is 5.41 Å². The van der Waals surface area contributed by atoms with E-state index in [2.05, 4.69) is 43.0 Å². The van der Waals surface area contributed by atoms with Crippen molar-refractivity contribution in [3.8, 4) is 11.4 Å². The minimum Gasteiger partial charge on any atom is -0.378 e. The third-order valence-corrected chi connectivity index (χ3v) is 7.05. The third-order valence-electron chi connectivity index (χ3n) is 5.97. The predicted molar refractivity (Wildman–Crippen MR) is 139 cm³/mol. The number of anilines is 1. The maximum Gasteiger partial charge on any atom is 0.162 e. The molecule has 1 saturated heterocycles. The van der Waals surface area contributed by atoms with Crippen molar-refractivity contribution < 1.29 is 4.74 Å². The van der Waals surface area contributed by atoms with Gasteiger partial charge in [0, 0.05) is 41.9 Å². The van der Waals surface area contributed by atoms with Gasteiger partial charge in [-0.25, -0.2) is 9.97 Å². The van der Waals surface area contributed by atoms with Crippen LogP contribution in [0.15, 0.2) is 42.0 Å². The number of morpholine rings is 1. The zero-order chi connectivity index (χ0) is 23.2. The first-order valence-corrected chi connectivity index (χ1v) is 12.2. The molecule has 1 aromatic carbocycles. The Morgan fingerprint density at radius 2 is 2.09 bits per heavy atom. The summed E-state index contributed by atoms with van der Waals surface area (Å²) in [6.45, 7) is 7.62. The van der Waals surface area contributed by atoms with Gasteiger partial charge in [0.1, 0.15) is 0 Å². The molecule has 33 heavy (non-hydrogen) atoms. The lowest BCUT2D eigenvalue weighted by molar-refractivity contribution is 0.122. The summed E-state index contributed by atoms with van der Waals surface area (Å²) in [7, 11) is 0. The van der Waals surface area contributed by atoms with E-state index in [1.807, 2.05) is 18.2 Å². The highest BCUT2D eigenvalue weighted by atomic mass is 32.1.